The van der Waals surface area contributed by atoms with Crippen molar-refractivity contribution in [3.05, 3.63) is 29.0 Å². The summed E-state index contributed by atoms with van der Waals surface area (Å²) in [6.07, 6.45) is 5.61. The minimum absolute atomic E-state index is 0.0733. The molecule has 1 fully saturated rings. The molecule has 2 aromatic heterocycles. The van der Waals surface area contributed by atoms with Gasteiger partial charge in [-0.15, -0.1) is 0 Å². The highest BCUT2D eigenvalue weighted by Crippen LogP contribution is 2.22. The molecule has 3 rings (SSSR count). The van der Waals surface area contributed by atoms with Crippen LogP contribution in [-0.4, -0.2) is 53.4 Å². The maximum Gasteiger partial charge on any atom is 0.343 e. The number of nitrogens with one attached hydrogen (secondary N) is 1. The lowest BCUT2D eigenvalue weighted by Crippen LogP contribution is -2.42. The zero-order valence-corrected chi connectivity index (χ0v) is 14.1. The number of amides is 1. The fraction of sp³-hybridized carbons (Fsp3) is 0.667. The Kier molecular flexibility index (Phi) is 4.77. The summed E-state index contributed by atoms with van der Waals surface area (Å²) in [7, 11) is 0. The van der Waals surface area contributed by atoms with Crippen LogP contribution in [0.3, 0.4) is 0 Å². The molecule has 1 N–H and O–H groups in total. The van der Waals surface area contributed by atoms with Gasteiger partial charge in [-0.25, -0.2) is 19.6 Å². The molecule has 0 spiro atoms. The van der Waals surface area contributed by atoms with Gasteiger partial charge < -0.3 is 4.90 Å². The summed E-state index contributed by atoms with van der Waals surface area (Å²) in [5.41, 5.74) is -0.151. The Balaban J connectivity index is 1.56. The Morgan fingerprint density at radius 2 is 2.17 bits per heavy atom. The van der Waals surface area contributed by atoms with Crippen LogP contribution < -0.4 is 5.69 Å². The predicted molar refractivity (Wildman–Crippen MR) is 86.3 cm³/mol. The molecule has 2 aromatic rings. The summed E-state index contributed by atoms with van der Waals surface area (Å²) >= 11 is 0. The third kappa shape index (κ3) is 3.24. The molecular weight excluding hydrogens is 310 g/mol. The number of nitrogens with zero attached hydrogens (tertiary/aromatic N) is 6. The van der Waals surface area contributed by atoms with Crippen LogP contribution in [0.25, 0.3) is 0 Å². The molecule has 0 radical (unpaired) electrons. The third-order valence-electron chi connectivity index (χ3n) is 4.74. The first kappa shape index (κ1) is 16.4. The number of H-pyrrole nitrogens is 1. The number of aromatic amines is 1. The fourth-order valence-electron chi connectivity index (χ4n) is 3.24. The van der Waals surface area contributed by atoms with Crippen molar-refractivity contribution in [2.24, 2.45) is 5.92 Å². The average Bonchev–Trinajstić information content (AvgIpc) is 3.24. The van der Waals surface area contributed by atoms with Crippen LogP contribution in [0, 0.1) is 5.92 Å². The molecule has 3 heterocycles. The van der Waals surface area contributed by atoms with E-state index in [0.717, 1.165) is 38.2 Å². The summed E-state index contributed by atoms with van der Waals surface area (Å²) < 4.78 is 3.25. The van der Waals surface area contributed by atoms with Crippen molar-refractivity contribution in [3.63, 3.8) is 0 Å². The van der Waals surface area contributed by atoms with Crippen molar-refractivity contribution in [1.29, 1.82) is 0 Å². The van der Waals surface area contributed by atoms with E-state index in [1.54, 1.807) is 15.6 Å². The van der Waals surface area contributed by atoms with Crippen molar-refractivity contribution in [3.8, 4) is 0 Å². The highest BCUT2D eigenvalue weighted by atomic mass is 16.2. The molecule has 9 nitrogen and oxygen atoms in total. The number of piperidine rings is 1. The number of hydrogen-bond donors (Lipinski definition) is 1. The van der Waals surface area contributed by atoms with Gasteiger partial charge in [0.1, 0.15) is 24.5 Å². The molecule has 0 aromatic carbocycles. The van der Waals surface area contributed by atoms with Crippen molar-refractivity contribution in [2.75, 3.05) is 13.1 Å². The van der Waals surface area contributed by atoms with Gasteiger partial charge in [-0.2, -0.15) is 10.2 Å². The number of hydrogen-bond acceptors (Lipinski definition) is 5. The van der Waals surface area contributed by atoms with Gasteiger partial charge in [0, 0.05) is 26.1 Å². The van der Waals surface area contributed by atoms with Gasteiger partial charge in [0.2, 0.25) is 5.91 Å². The largest absolute Gasteiger partial charge is 0.343 e. The van der Waals surface area contributed by atoms with E-state index in [0.29, 0.717) is 12.5 Å². The zero-order valence-electron chi connectivity index (χ0n) is 14.1. The van der Waals surface area contributed by atoms with Crippen LogP contribution in [0.15, 0.2) is 17.4 Å². The second-order valence-electron chi connectivity index (χ2n) is 6.21. The molecule has 1 aliphatic rings. The van der Waals surface area contributed by atoms with Crippen LogP contribution in [0.1, 0.15) is 38.6 Å². The number of rotatable bonds is 5. The lowest BCUT2D eigenvalue weighted by atomic mass is 9.93. The van der Waals surface area contributed by atoms with Crippen LogP contribution in [-0.2, 0) is 17.8 Å². The van der Waals surface area contributed by atoms with Crippen molar-refractivity contribution in [2.45, 2.75) is 45.7 Å². The van der Waals surface area contributed by atoms with Crippen LogP contribution in [0.4, 0.5) is 0 Å². The highest BCUT2D eigenvalue weighted by Gasteiger charge is 2.28. The Morgan fingerprint density at radius 1 is 1.42 bits per heavy atom. The summed E-state index contributed by atoms with van der Waals surface area (Å²) in [5.74, 6) is 1.32. The molecule has 24 heavy (non-hydrogen) atoms. The second-order valence-corrected chi connectivity index (χ2v) is 6.21. The first-order valence-electron chi connectivity index (χ1n) is 8.37. The van der Waals surface area contributed by atoms with E-state index in [1.807, 2.05) is 18.7 Å². The summed E-state index contributed by atoms with van der Waals surface area (Å²) in [6, 6.07) is -0.333. The SMILES string of the molecule is CCn1c(CC2CCN(C(=O)[C@H](C)n3cncn3)CC2)n[nH]c1=O. The molecule has 1 saturated heterocycles. The normalized spacial score (nSPS) is 17.2. The topological polar surface area (TPSA) is 102 Å². The Bertz CT molecular complexity index is 725. The molecule has 130 valence electrons. The van der Waals surface area contributed by atoms with E-state index in [2.05, 4.69) is 20.3 Å². The molecule has 1 atom stereocenters. The number of likely N-dealkylation sites (tertiary alicyclic amines) is 1. The van der Waals surface area contributed by atoms with Crippen molar-refractivity contribution < 1.29 is 4.79 Å². The Morgan fingerprint density at radius 3 is 2.79 bits per heavy atom. The first-order chi connectivity index (χ1) is 11.6. The summed E-state index contributed by atoms with van der Waals surface area (Å²) in [5, 5.41) is 10.7. The lowest BCUT2D eigenvalue weighted by molar-refractivity contribution is -0.136. The maximum atomic E-state index is 12.5. The molecule has 1 amide bonds. The van der Waals surface area contributed by atoms with Crippen molar-refractivity contribution in [1.82, 2.24) is 34.4 Å². The molecular formula is C15H23N7O2. The third-order valence-corrected chi connectivity index (χ3v) is 4.74. The van der Waals surface area contributed by atoms with E-state index in [-0.39, 0.29) is 17.6 Å². The van der Waals surface area contributed by atoms with Gasteiger partial charge in [-0.05, 0) is 32.6 Å². The number of carbonyl (C=O) groups is 1. The van der Waals surface area contributed by atoms with Gasteiger partial charge >= 0.3 is 5.69 Å². The Hall–Kier alpha value is -2.45. The highest BCUT2D eigenvalue weighted by molar-refractivity contribution is 5.80. The monoisotopic (exact) mass is 333 g/mol. The van der Waals surface area contributed by atoms with Gasteiger partial charge in [-0.3, -0.25) is 9.36 Å². The molecule has 0 bridgehead atoms. The predicted octanol–water partition coefficient (Wildman–Crippen LogP) is 0.225. The first-order valence-corrected chi connectivity index (χ1v) is 8.37. The number of aromatic nitrogens is 6. The molecule has 1 aliphatic heterocycles. The Labute approximate surface area is 139 Å². The quantitative estimate of drug-likeness (QED) is 0.843. The average molecular weight is 333 g/mol. The maximum absolute atomic E-state index is 12.5. The van der Waals surface area contributed by atoms with Gasteiger partial charge in [0.05, 0.1) is 0 Å². The minimum atomic E-state index is -0.333. The number of carbonyl (C=O) groups excluding carboxylic acids is 1. The fourth-order valence-corrected chi connectivity index (χ4v) is 3.24. The van der Waals surface area contributed by atoms with Crippen LogP contribution in [0.2, 0.25) is 0 Å². The van der Waals surface area contributed by atoms with E-state index in [4.69, 9.17) is 0 Å². The van der Waals surface area contributed by atoms with E-state index >= 15 is 0 Å². The van der Waals surface area contributed by atoms with Gasteiger partial charge in [0.15, 0.2) is 0 Å². The summed E-state index contributed by atoms with van der Waals surface area (Å²) in [4.78, 5) is 29.9. The zero-order chi connectivity index (χ0) is 17.1. The summed E-state index contributed by atoms with van der Waals surface area (Å²) in [6.45, 7) is 5.85. The molecule has 9 heteroatoms. The lowest BCUT2D eigenvalue weighted by Gasteiger charge is -2.33. The van der Waals surface area contributed by atoms with Gasteiger partial charge in [-0.1, -0.05) is 0 Å². The van der Waals surface area contributed by atoms with Crippen molar-refractivity contribution >= 4 is 5.91 Å². The van der Waals surface area contributed by atoms with E-state index < -0.39 is 0 Å². The van der Waals surface area contributed by atoms with Crippen LogP contribution in [0.5, 0.6) is 0 Å². The molecule has 0 unspecified atom stereocenters. The van der Waals surface area contributed by atoms with E-state index in [9.17, 15) is 9.59 Å². The standard InChI is InChI=1S/C15H23N7O2/c1-3-21-13(18-19-15(21)24)8-12-4-6-20(7-5-12)14(23)11(2)22-10-16-9-17-22/h9-12H,3-8H2,1-2H3,(H,19,24)/t11-/m0/s1. The molecule has 0 aliphatic carbocycles. The smallest absolute Gasteiger partial charge is 0.341 e. The molecule has 0 saturated carbocycles. The van der Waals surface area contributed by atoms with Gasteiger partial charge in [0.25, 0.3) is 0 Å². The van der Waals surface area contributed by atoms with E-state index in [1.165, 1.54) is 6.33 Å². The second kappa shape index (κ2) is 6.98. The minimum Gasteiger partial charge on any atom is -0.341 e. The van der Waals surface area contributed by atoms with Crippen LogP contribution >= 0.6 is 0 Å².